The number of carbonyl (C=O) groups excluding carboxylic acids is 1. The van der Waals surface area contributed by atoms with Gasteiger partial charge in [0.1, 0.15) is 5.82 Å². The molecule has 1 fully saturated rings. The SMILES string of the molecule is N#Cc1ccnc(N2CC(CS(=O)(=O)Cl)CC2=O)c1. The molecule has 2 rings (SSSR count). The Balaban J connectivity index is 2.18. The van der Waals surface area contributed by atoms with Gasteiger partial charge >= 0.3 is 0 Å². The lowest BCUT2D eigenvalue weighted by molar-refractivity contribution is -0.117. The smallest absolute Gasteiger partial charge is 0.232 e. The number of aromatic nitrogens is 1. The summed E-state index contributed by atoms with van der Waals surface area (Å²) in [7, 11) is 1.56. The van der Waals surface area contributed by atoms with Crippen LogP contribution in [-0.4, -0.2) is 31.6 Å². The van der Waals surface area contributed by atoms with E-state index in [1.807, 2.05) is 6.07 Å². The normalized spacial score (nSPS) is 19.5. The molecular formula is C11H10ClN3O3S. The van der Waals surface area contributed by atoms with Crippen LogP contribution in [0.1, 0.15) is 12.0 Å². The third-order valence-electron chi connectivity index (χ3n) is 2.79. The van der Waals surface area contributed by atoms with Gasteiger partial charge < -0.3 is 0 Å². The lowest BCUT2D eigenvalue weighted by atomic mass is 10.1. The van der Waals surface area contributed by atoms with Crippen LogP contribution in [0.3, 0.4) is 0 Å². The first-order chi connectivity index (χ1) is 8.89. The van der Waals surface area contributed by atoms with Gasteiger partial charge in [-0.2, -0.15) is 5.26 Å². The number of pyridine rings is 1. The van der Waals surface area contributed by atoms with Gasteiger partial charge in [0.2, 0.25) is 15.0 Å². The molecule has 2 heterocycles. The first kappa shape index (κ1) is 13.8. The van der Waals surface area contributed by atoms with Crippen LogP contribution in [0.25, 0.3) is 0 Å². The summed E-state index contributed by atoms with van der Waals surface area (Å²) in [5.74, 6) is -0.441. The molecule has 8 heteroatoms. The van der Waals surface area contributed by atoms with Gasteiger partial charge in [-0.1, -0.05) is 0 Å². The standard InChI is InChI=1S/C11H10ClN3O3S/c12-19(17,18)7-9-4-11(16)15(6-9)10-3-8(5-13)1-2-14-10/h1-3,9H,4,6-7H2. The highest BCUT2D eigenvalue weighted by Crippen LogP contribution is 2.25. The van der Waals surface area contributed by atoms with Crippen LogP contribution in [0.4, 0.5) is 5.82 Å². The first-order valence-electron chi connectivity index (χ1n) is 5.48. The van der Waals surface area contributed by atoms with Crippen LogP contribution in [0.2, 0.25) is 0 Å². The summed E-state index contributed by atoms with van der Waals surface area (Å²) in [4.78, 5) is 17.2. The quantitative estimate of drug-likeness (QED) is 0.773. The zero-order valence-electron chi connectivity index (χ0n) is 9.78. The van der Waals surface area contributed by atoms with Crippen LogP contribution >= 0.6 is 10.7 Å². The summed E-state index contributed by atoms with van der Waals surface area (Å²) in [6, 6.07) is 4.99. The van der Waals surface area contributed by atoms with E-state index in [4.69, 9.17) is 15.9 Å². The fraction of sp³-hybridized carbons (Fsp3) is 0.364. The maximum absolute atomic E-state index is 11.8. The monoisotopic (exact) mass is 299 g/mol. The fourth-order valence-electron chi connectivity index (χ4n) is 2.03. The molecule has 1 amide bonds. The van der Waals surface area contributed by atoms with Crippen molar-refractivity contribution in [1.82, 2.24) is 4.98 Å². The van der Waals surface area contributed by atoms with Crippen molar-refractivity contribution < 1.29 is 13.2 Å². The van der Waals surface area contributed by atoms with Gasteiger partial charge in [-0.15, -0.1) is 0 Å². The van der Waals surface area contributed by atoms with Crippen LogP contribution in [-0.2, 0) is 13.8 Å². The van der Waals surface area contributed by atoms with Crippen molar-refractivity contribution in [3.63, 3.8) is 0 Å². The topological polar surface area (TPSA) is 91.1 Å². The minimum Gasteiger partial charge on any atom is -0.296 e. The van der Waals surface area contributed by atoms with Crippen LogP contribution < -0.4 is 4.90 Å². The highest BCUT2D eigenvalue weighted by Gasteiger charge is 2.33. The average Bonchev–Trinajstić information content (AvgIpc) is 2.68. The minimum atomic E-state index is -3.63. The Hall–Kier alpha value is -1.65. The van der Waals surface area contributed by atoms with E-state index in [2.05, 4.69) is 4.98 Å². The minimum absolute atomic E-state index is 0.115. The Morgan fingerprint density at radius 1 is 1.58 bits per heavy atom. The fourth-order valence-corrected chi connectivity index (χ4v) is 3.35. The zero-order valence-corrected chi connectivity index (χ0v) is 11.4. The molecule has 0 bridgehead atoms. The molecule has 1 aliphatic rings. The molecule has 1 saturated heterocycles. The number of hydrogen-bond donors (Lipinski definition) is 0. The highest BCUT2D eigenvalue weighted by atomic mass is 35.7. The molecule has 19 heavy (non-hydrogen) atoms. The van der Waals surface area contributed by atoms with Crippen LogP contribution in [0.15, 0.2) is 18.3 Å². The largest absolute Gasteiger partial charge is 0.296 e. The number of anilines is 1. The summed E-state index contributed by atoms with van der Waals surface area (Å²) in [6.45, 7) is 0.243. The van der Waals surface area contributed by atoms with Crippen LogP contribution in [0, 0.1) is 17.2 Å². The molecule has 1 unspecified atom stereocenters. The van der Waals surface area contributed by atoms with Crippen molar-refractivity contribution in [3.05, 3.63) is 23.9 Å². The summed E-state index contributed by atoms with van der Waals surface area (Å²) in [5.41, 5.74) is 0.395. The van der Waals surface area contributed by atoms with Crippen molar-refractivity contribution in [1.29, 1.82) is 5.26 Å². The average molecular weight is 300 g/mol. The van der Waals surface area contributed by atoms with E-state index < -0.39 is 9.05 Å². The Labute approximate surface area is 115 Å². The van der Waals surface area contributed by atoms with E-state index in [9.17, 15) is 13.2 Å². The number of nitriles is 1. The van der Waals surface area contributed by atoms with Crippen molar-refractivity contribution in [2.45, 2.75) is 6.42 Å². The van der Waals surface area contributed by atoms with Gasteiger partial charge in [-0.25, -0.2) is 13.4 Å². The van der Waals surface area contributed by atoms with Crippen molar-refractivity contribution in [2.75, 3.05) is 17.2 Å². The van der Waals surface area contributed by atoms with Crippen molar-refractivity contribution >= 4 is 31.5 Å². The van der Waals surface area contributed by atoms with E-state index in [1.165, 1.54) is 23.2 Å². The van der Waals surface area contributed by atoms with Crippen molar-refractivity contribution in [2.24, 2.45) is 5.92 Å². The van der Waals surface area contributed by atoms with Gasteiger partial charge in [0.15, 0.2) is 0 Å². The van der Waals surface area contributed by atoms with E-state index in [0.717, 1.165) is 0 Å². The van der Waals surface area contributed by atoms with Gasteiger partial charge in [0.25, 0.3) is 0 Å². The number of hydrogen-bond acceptors (Lipinski definition) is 5. The summed E-state index contributed by atoms with van der Waals surface area (Å²) in [5, 5.41) is 8.80. The van der Waals surface area contributed by atoms with Gasteiger partial charge in [-0.3, -0.25) is 9.69 Å². The van der Waals surface area contributed by atoms with E-state index in [-0.39, 0.29) is 30.5 Å². The lowest BCUT2D eigenvalue weighted by Crippen LogP contribution is -2.26. The van der Waals surface area contributed by atoms with E-state index >= 15 is 0 Å². The first-order valence-corrected chi connectivity index (χ1v) is 7.96. The van der Waals surface area contributed by atoms with E-state index in [1.54, 1.807) is 0 Å². The second-order valence-corrected chi connectivity index (χ2v) is 7.12. The van der Waals surface area contributed by atoms with Gasteiger partial charge in [0, 0.05) is 35.8 Å². The number of rotatable bonds is 3. The van der Waals surface area contributed by atoms with Gasteiger partial charge in [0.05, 0.1) is 17.4 Å². The Kier molecular flexibility index (Phi) is 3.73. The third-order valence-corrected chi connectivity index (χ3v) is 4.04. The molecule has 6 nitrogen and oxygen atoms in total. The van der Waals surface area contributed by atoms with Crippen LogP contribution in [0.5, 0.6) is 0 Å². The highest BCUT2D eigenvalue weighted by molar-refractivity contribution is 8.13. The second kappa shape index (κ2) is 5.15. The molecule has 0 radical (unpaired) electrons. The molecule has 0 N–H and O–H groups in total. The number of carbonyl (C=O) groups is 1. The second-order valence-electron chi connectivity index (χ2n) is 4.29. The van der Waals surface area contributed by atoms with Gasteiger partial charge in [-0.05, 0) is 12.1 Å². The maximum Gasteiger partial charge on any atom is 0.232 e. The zero-order chi connectivity index (χ0) is 14.0. The summed E-state index contributed by atoms with van der Waals surface area (Å²) < 4.78 is 22.0. The molecule has 1 aromatic rings. The Bertz CT molecular complexity index is 653. The molecule has 1 atom stereocenters. The molecule has 0 aromatic carbocycles. The predicted octanol–water partition coefficient (Wildman–Crippen LogP) is 0.875. The molecule has 0 saturated carbocycles. The lowest BCUT2D eigenvalue weighted by Gasteiger charge is -2.15. The number of nitrogens with zero attached hydrogens (tertiary/aromatic N) is 3. The Morgan fingerprint density at radius 2 is 2.32 bits per heavy atom. The maximum atomic E-state index is 11.8. The molecule has 0 aliphatic carbocycles. The molecule has 100 valence electrons. The predicted molar refractivity (Wildman–Crippen MR) is 69.1 cm³/mol. The summed E-state index contributed by atoms with van der Waals surface area (Å²) >= 11 is 0. The summed E-state index contributed by atoms with van der Waals surface area (Å²) in [6.07, 6.45) is 1.55. The van der Waals surface area contributed by atoms with E-state index in [0.29, 0.717) is 11.4 Å². The van der Waals surface area contributed by atoms with Crippen molar-refractivity contribution in [3.8, 4) is 6.07 Å². The number of halogens is 1. The molecule has 0 spiro atoms. The third kappa shape index (κ3) is 3.43. The molecule has 1 aliphatic heterocycles. The molecule has 1 aromatic heterocycles. The molecular weight excluding hydrogens is 290 g/mol. The number of amides is 1. The Morgan fingerprint density at radius 3 is 2.95 bits per heavy atom.